The van der Waals surface area contributed by atoms with Gasteiger partial charge in [-0.3, -0.25) is 14.5 Å². The highest BCUT2D eigenvalue weighted by molar-refractivity contribution is 6.13. The van der Waals surface area contributed by atoms with Crippen molar-refractivity contribution in [1.29, 1.82) is 0 Å². The van der Waals surface area contributed by atoms with Crippen LogP contribution in [-0.2, 0) is 30.4 Å². The van der Waals surface area contributed by atoms with Crippen molar-refractivity contribution in [1.82, 2.24) is 0 Å². The topological polar surface area (TPSA) is 118 Å². The quantitative estimate of drug-likeness (QED) is 0.292. The molecule has 1 amide bonds. The number of methoxy groups -OCH3 is 1. The molecule has 1 aliphatic rings. The zero-order valence-corrected chi connectivity index (χ0v) is 22.6. The molecule has 3 aromatic rings. The predicted molar refractivity (Wildman–Crippen MR) is 144 cm³/mol. The maximum absolute atomic E-state index is 14.0. The summed E-state index contributed by atoms with van der Waals surface area (Å²) >= 11 is 0. The van der Waals surface area contributed by atoms with Crippen LogP contribution in [0.1, 0.15) is 47.1 Å². The molecule has 0 radical (unpaired) electrons. The second kappa shape index (κ2) is 11.9. The van der Waals surface area contributed by atoms with Crippen LogP contribution in [0.2, 0.25) is 0 Å². The normalized spacial score (nSPS) is 12.3. The Labute approximate surface area is 231 Å². The lowest BCUT2D eigenvalue weighted by molar-refractivity contribution is -0.153. The van der Waals surface area contributed by atoms with Gasteiger partial charge in [-0.25, -0.2) is 9.59 Å². The van der Waals surface area contributed by atoms with Crippen LogP contribution in [0.4, 0.5) is 5.69 Å². The number of hydrogen-bond acceptors (Lipinski definition) is 9. The SMILES string of the molecule is COC(=O)c1ccc2c(c1)N(CC(=O)OC(C)(C)C)C(=O)c1c(OCC(=O)OCc3ccccc3)cccc1O2. The fourth-order valence-electron chi connectivity index (χ4n) is 3.93. The van der Waals surface area contributed by atoms with E-state index in [-0.39, 0.29) is 40.7 Å². The van der Waals surface area contributed by atoms with E-state index in [4.69, 9.17) is 23.7 Å². The van der Waals surface area contributed by atoms with Crippen molar-refractivity contribution in [2.24, 2.45) is 0 Å². The molecule has 0 spiro atoms. The van der Waals surface area contributed by atoms with Crippen molar-refractivity contribution < 1.29 is 42.9 Å². The first-order valence-electron chi connectivity index (χ1n) is 12.4. The van der Waals surface area contributed by atoms with Crippen molar-refractivity contribution in [2.45, 2.75) is 33.0 Å². The highest BCUT2D eigenvalue weighted by Crippen LogP contribution is 2.42. The van der Waals surface area contributed by atoms with E-state index in [0.717, 1.165) is 10.5 Å². The fourth-order valence-corrected chi connectivity index (χ4v) is 3.93. The van der Waals surface area contributed by atoms with Gasteiger partial charge in [-0.2, -0.15) is 0 Å². The number of hydrogen-bond donors (Lipinski definition) is 0. The summed E-state index contributed by atoms with van der Waals surface area (Å²) < 4.78 is 27.3. The molecule has 208 valence electrons. The van der Waals surface area contributed by atoms with Gasteiger partial charge in [0, 0.05) is 0 Å². The van der Waals surface area contributed by atoms with Gasteiger partial charge in [-0.05, 0) is 56.7 Å². The predicted octanol–water partition coefficient (Wildman–Crippen LogP) is 4.69. The van der Waals surface area contributed by atoms with Gasteiger partial charge in [0.1, 0.15) is 35.8 Å². The Hall–Kier alpha value is -4.86. The summed E-state index contributed by atoms with van der Waals surface area (Å²) in [7, 11) is 1.23. The first-order chi connectivity index (χ1) is 19.1. The zero-order chi connectivity index (χ0) is 28.9. The van der Waals surface area contributed by atoms with E-state index in [1.54, 1.807) is 32.9 Å². The minimum Gasteiger partial charge on any atom is -0.481 e. The van der Waals surface area contributed by atoms with Gasteiger partial charge in [0.15, 0.2) is 12.4 Å². The van der Waals surface area contributed by atoms with E-state index in [1.165, 1.54) is 31.4 Å². The molecule has 40 heavy (non-hydrogen) atoms. The average Bonchev–Trinajstić information content (AvgIpc) is 3.03. The molecule has 10 heteroatoms. The fraction of sp³-hybridized carbons (Fsp3) is 0.267. The maximum atomic E-state index is 14.0. The second-order valence-electron chi connectivity index (χ2n) is 9.82. The lowest BCUT2D eigenvalue weighted by Crippen LogP contribution is -2.38. The highest BCUT2D eigenvalue weighted by atomic mass is 16.6. The van der Waals surface area contributed by atoms with Gasteiger partial charge in [-0.1, -0.05) is 36.4 Å². The van der Waals surface area contributed by atoms with Crippen LogP contribution >= 0.6 is 0 Å². The molecule has 1 aliphatic heterocycles. The minimum absolute atomic E-state index is 0.0160. The van der Waals surface area contributed by atoms with Crippen molar-refractivity contribution in [3.05, 3.63) is 83.4 Å². The standard InChI is InChI=1S/C30H29NO9/c1-30(2,3)40-25(32)16-31-21-15-20(29(35)36-4)13-14-22(21)39-24-12-8-11-23(27(24)28(31)34)37-18-26(33)38-17-19-9-6-5-7-10-19/h5-15H,16-18H2,1-4H3. The average molecular weight is 548 g/mol. The van der Waals surface area contributed by atoms with Crippen LogP contribution in [0.5, 0.6) is 17.2 Å². The van der Waals surface area contributed by atoms with Crippen LogP contribution in [0.3, 0.4) is 0 Å². The summed E-state index contributed by atoms with van der Waals surface area (Å²) in [4.78, 5) is 52.5. The Balaban J connectivity index is 1.63. The zero-order valence-electron chi connectivity index (χ0n) is 22.6. The number of carbonyl (C=O) groups excluding carboxylic acids is 4. The third-order valence-electron chi connectivity index (χ3n) is 5.63. The third kappa shape index (κ3) is 6.76. The summed E-state index contributed by atoms with van der Waals surface area (Å²) in [6.45, 7) is 4.24. The molecule has 0 fully saturated rings. The molecule has 1 heterocycles. The van der Waals surface area contributed by atoms with Crippen LogP contribution in [0, 0.1) is 0 Å². The number of ether oxygens (including phenoxy) is 5. The van der Waals surface area contributed by atoms with Crippen LogP contribution < -0.4 is 14.4 Å². The smallest absolute Gasteiger partial charge is 0.344 e. The molecule has 0 aromatic heterocycles. The molecule has 0 aliphatic carbocycles. The molecule has 0 saturated carbocycles. The summed E-state index contributed by atoms with van der Waals surface area (Å²) in [5, 5.41) is 0. The molecular formula is C30H29NO9. The number of fused-ring (bicyclic) bond motifs is 2. The van der Waals surface area contributed by atoms with Crippen molar-refractivity contribution in [2.75, 3.05) is 25.2 Å². The third-order valence-corrected chi connectivity index (χ3v) is 5.63. The Morgan fingerprint density at radius 3 is 2.35 bits per heavy atom. The van der Waals surface area contributed by atoms with Crippen LogP contribution in [0.15, 0.2) is 66.7 Å². The Bertz CT molecular complexity index is 1430. The second-order valence-corrected chi connectivity index (χ2v) is 9.82. The number of anilines is 1. The summed E-state index contributed by atoms with van der Waals surface area (Å²) in [6, 6.07) is 18.2. The maximum Gasteiger partial charge on any atom is 0.344 e. The molecule has 0 saturated heterocycles. The summed E-state index contributed by atoms with van der Waals surface area (Å²) in [6.07, 6.45) is 0. The molecule has 4 rings (SSSR count). The highest BCUT2D eigenvalue weighted by Gasteiger charge is 2.34. The number of carbonyl (C=O) groups is 4. The van der Waals surface area contributed by atoms with Gasteiger partial charge in [0.2, 0.25) is 0 Å². The van der Waals surface area contributed by atoms with Crippen LogP contribution in [-0.4, -0.2) is 49.7 Å². The number of rotatable bonds is 8. The van der Waals surface area contributed by atoms with Crippen LogP contribution in [0.25, 0.3) is 0 Å². The van der Waals surface area contributed by atoms with E-state index in [9.17, 15) is 19.2 Å². The molecule has 10 nitrogen and oxygen atoms in total. The molecule has 0 N–H and O–H groups in total. The van der Waals surface area contributed by atoms with Gasteiger partial charge in [0.25, 0.3) is 5.91 Å². The molecular weight excluding hydrogens is 518 g/mol. The Kier molecular flexibility index (Phi) is 8.37. The molecule has 0 bridgehead atoms. The van der Waals surface area contributed by atoms with Gasteiger partial charge < -0.3 is 23.7 Å². The monoisotopic (exact) mass is 547 g/mol. The lowest BCUT2D eigenvalue weighted by Gasteiger charge is -2.25. The van der Waals surface area contributed by atoms with Gasteiger partial charge in [0.05, 0.1) is 18.4 Å². The summed E-state index contributed by atoms with van der Waals surface area (Å²) in [5.41, 5.74) is 0.303. The van der Waals surface area contributed by atoms with Crippen molar-refractivity contribution in [3.63, 3.8) is 0 Å². The van der Waals surface area contributed by atoms with E-state index in [0.29, 0.717) is 0 Å². The minimum atomic E-state index is -0.800. The largest absolute Gasteiger partial charge is 0.481 e. The van der Waals surface area contributed by atoms with E-state index < -0.39 is 42.6 Å². The van der Waals surface area contributed by atoms with E-state index in [2.05, 4.69) is 0 Å². The summed E-state index contributed by atoms with van der Waals surface area (Å²) in [5.74, 6) is -2.21. The number of benzene rings is 3. The Morgan fingerprint density at radius 1 is 0.900 bits per heavy atom. The van der Waals surface area contributed by atoms with E-state index >= 15 is 0 Å². The van der Waals surface area contributed by atoms with E-state index in [1.807, 2.05) is 30.3 Å². The van der Waals surface area contributed by atoms with Gasteiger partial charge in [-0.15, -0.1) is 0 Å². The lowest BCUT2D eigenvalue weighted by atomic mass is 10.1. The molecule has 0 unspecified atom stereocenters. The molecule has 0 atom stereocenters. The number of esters is 3. The first kappa shape index (κ1) is 28.2. The van der Waals surface area contributed by atoms with Gasteiger partial charge >= 0.3 is 17.9 Å². The van der Waals surface area contributed by atoms with Crippen molar-refractivity contribution in [3.8, 4) is 17.2 Å². The Morgan fingerprint density at radius 2 is 1.65 bits per heavy atom. The van der Waals surface area contributed by atoms with Crippen molar-refractivity contribution >= 4 is 29.5 Å². The first-order valence-corrected chi connectivity index (χ1v) is 12.4. The number of nitrogens with zero attached hydrogens (tertiary/aromatic N) is 1. The molecule has 3 aromatic carbocycles. The number of amides is 1.